The summed E-state index contributed by atoms with van der Waals surface area (Å²) in [6.07, 6.45) is 3.60. The predicted molar refractivity (Wildman–Crippen MR) is 97.7 cm³/mol. The third-order valence-corrected chi connectivity index (χ3v) is 5.08. The van der Waals surface area contributed by atoms with Crippen LogP contribution in [-0.4, -0.2) is 29.5 Å². The molecule has 0 radical (unpaired) electrons. The van der Waals surface area contributed by atoms with Crippen LogP contribution in [0.3, 0.4) is 0 Å². The second-order valence-electron chi connectivity index (χ2n) is 6.03. The van der Waals surface area contributed by atoms with Crippen molar-refractivity contribution in [2.24, 2.45) is 0 Å². The summed E-state index contributed by atoms with van der Waals surface area (Å²) in [6.45, 7) is 6.06. The van der Waals surface area contributed by atoms with Gasteiger partial charge in [-0.2, -0.15) is 4.98 Å². The highest BCUT2D eigenvalue weighted by Crippen LogP contribution is 2.37. The zero-order valence-corrected chi connectivity index (χ0v) is 15.1. The molecule has 0 spiro atoms. The number of aromatic amines is 1. The first kappa shape index (κ1) is 15.8. The van der Waals surface area contributed by atoms with Gasteiger partial charge in [-0.3, -0.25) is 0 Å². The molecule has 4 aromatic rings. The summed E-state index contributed by atoms with van der Waals surface area (Å²) in [7, 11) is 0. The third kappa shape index (κ3) is 3.15. The van der Waals surface area contributed by atoms with E-state index in [4.69, 9.17) is 0 Å². The fourth-order valence-corrected chi connectivity index (χ4v) is 3.75. The largest absolute Gasteiger partial charge is 0.347 e. The number of nitrogens with one attached hydrogen (secondary N) is 1. The van der Waals surface area contributed by atoms with E-state index in [1.165, 1.54) is 5.56 Å². The number of fused-ring (bicyclic) bond motifs is 1. The van der Waals surface area contributed by atoms with Gasteiger partial charge in [0.2, 0.25) is 5.16 Å². The van der Waals surface area contributed by atoms with Crippen LogP contribution in [0.5, 0.6) is 0 Å². The van der Waals surface area contributed by atoms with Crippen LogP contribution in [0, 0.1) is 20.8 Å². The molecule has 0 aliphatic heterocycles. The molecular formula is C18H18N6S. The van der Waals surface area contributed by atoms with E-state index in [2.05, 4.69) is 56.2 Å². The van der Waals surface area contributed by atoms with E-state index in [9.17, 15) is 0 Å². The molecule has 25 heavy (non-hydrogen) atoms. The Bertz CT molecular complexity index is 1000. The van der Waals surface area contributed by atoms with Crippen molar-refractivity contribution in [3.8, 4) is 0 Å². The highest BCUT2D eigenvalue weighted by Gasteiger charge is 2.21. The van der Waals surface area contributed by atoms with Gasteiger partial charge in [0, 0.05) is 23.8 Å². The maximum absolute atomic E-state index is 4.61. The lowest BCUT2D eigenvalue weighted by atomic mass is 10.1. The number of H-pyrrole nitrogens is 1. The van der Waals surface area contributed by atoms with Crippen LogP contribution < -0.4 is 0 Å². The summed E-state index contributed by atoms with van der Waals surface area (Å²) in [4.78, 5) is 16.7. The fourth-order valence-electron chi connectivity index (χ4n) is 2.75. The molecule has 1 aromatic carbocycles. The van der Waals surface area contributed by atoms with E-state index in [0.29, 0.717) is 10.9 Å². The van der Waals surface area contributed by atoms with Crippen LogP contribution in [0.25, 0.3) is 5.78 Å². The molecule has 3 aromatic heterocycles. The van der Waals surface area contributed by atoms with E-state index in [0.717, 1.165) is 22.8 Å². The number of aromatic nitrogens is 6. The summed E-state index contributed by atoms with van der Waals surface area (Å²) in [5.41, 5.74) is 4.35. The van der Waals surface area contributed by atoms with E-state index in [-0.39, 0.29) is 5.25 Å². The van der Waals surface area contributed by atoms with Crippen LogP contribution in [0.1, 0.15) is 33.6 Å². The molecule has 1 unspecified atom stereocenters. The average molecular weight is 350 g/mol. The van der Waals surface area contributed by atoms with Crippen LogP contribution >= 0.6 is 11.8 Å². The Hall–Kier alpha value is -2.67. The highest BCUT2D eigenvalue weighted by atomic mass is 32.2. The molecule has 0 aliphatic rings. The number of benzene rings is 1. The lowest BCUT2D eigenvalue weighted by Crippen LogP contribution is -2.00. The Morgan fingerprint density at radius 2 is 1.88 bits per heavy atom. The van der Waals surface area contributed by atoms with Gasteiger partial charge in [0.05, 0.1) is 5.25 Å². The Labute approximate surface area is 149 Å². The minimum atomic E-state index is -0.00517. The van der Waals surface area contributed by atoms with Crippen molar-refractivity contribution >= 4 is 17.5 Å². The molecule has 126 valence electrons. The van der Waals surface area contributed by atoms with Crippen molar-refractivity contribution < 1.29 is 0 Å². The smallest absolute Gasteiger partial charge is 0.253 e. The predicted octanol–water partition coefficient (Wildman–Crippen LogP) is 3.65. The fraction of sp³-hybridized carbons (Fsp3) is 0.222. The summed E-state index contributed by atoms with van der Waals surface area (Å²) < 4.78 is 1.78. The van der Waals surface area contributed by atoms with E-state index in [1.54, 1.807) is 22.5 Å². The Kier molecular flexibility index (Phi) is 4.01. The average Bonchev–Trinajstić information content (AvgIpc) is 3.23. The lowest BCUT2D eigenvalue weighted by molar-refractivity contribution is 0.840. The molecule has 1 N–H and O–H groups in total. The number of nitrogens with zero attached hydrogens (tertiary/aromatic N) is 5. The number of rotatable bonds is 4. The molecule has 0 fully saturated rings. The van der Waals surface area contributed by atoms with Crippen molar-refractivity contribution in [2.75, 3.05) is 0 Å². The van der Waals surface area contributed by atoms with Gasteiger partial charge in [-0.15, -0.1) is 5.10 Å². The Morgan fingerprint density at radius 1 is 1.08 bits per heavy atom. The first-order chi connectivity index (χ1) is 12.1. The van der Waals surface area contributed by atoms with Crippen LogP contribution in [0.2, 0.25) is 0 Å². The quantitative estimate of drug-likeness (QED) is 0.569. The first-order valence-corrected chi connectivity index (χ1v) is 8.91. The topological polar surface area (TPSA) is 71.8 Å². The number of hydrogen-bond donors (Lipinski definition) is 1. The number of thioether (sulfide) groups is 1. The number of imidazole rings is 1. The second kappa shape index (κ2) is 6.33. The second-order valence-corrected chi connectivity index (χ2v) is 7.10. The molecule has 7 heteroatoms. The van der Waals surface area contributed by atoms with E-state index >= 15 is 0 Å². The summed E-state index contributed by atoms with van der Waals surface area (Å²) in [5, 5.41) is 5.29. The van der Waals surface area contributed by atoms with Crippen LogP contribution in [0.4, 0.5) is 0 Å². The summed E-state index contributed by atoms with van der Waals surface area (Å²) >= 11 is 1.57. The molecular weight excluding hydrogens is 332 g/mol. The van der Waals surface area contributed by atoms with Gasteiger partial charge in [-0.05, 0) is 32.4 Å². The minimum Gasteiger partial charge on any atom is -0.347 e. The van der Waals surface area contributed by atoms with Gasteiger partial charge in [-0.1, -0.05) is 41.6 Å². The molecule has 0 saturated carbocycles. The molecule has 4 rings (SSSR count). The van der Waals surface area contributed by atoms with Gasteiger partial charge >= 0.3 is 0 Å². The maximum Gasteiger partial charge on any atom is 0.253 e. The Balaban J connectivity index is 1.74. The number of hydrogen-bond acceptors (Lipinski definition) is 5. The first-order valence-electron chi connectivity index (χ1n) is 8.03. The maximum atomic E-state index is 4.61. The van der Waals surface area contributed by atoms with Gasteiger partial charge in [0.15, 0.2) is 0 Å². The lowest BCUT2D eigenvalue weighted by Gasteiger charge is -2.13. The zero-order chi connectivity index (χ0) is 17.4. The zero-order valence-electron chi connectivity index (χ0n) is 14.3. The molecule has 0 saturated heterocycles. The normalized spacial score (nSPS) is 12.6. The van der Waals surface area contributed by atoms with Crippen molar-refractivity contribution in [3.05, 3.63) is 71.1 Å². The van der Waals surface area contributed by atoms with Crippen molar-refractivity contribution in [1.82, 2.24) is 29.5 Å². The molecule has 6 nitrogen and oxygen atoms in total. The minimum absolute atomic E-state index is 0.00517. The summed E-state index contributed by atoms with van der Waals surface area (Å²) in [5.74, 6) is 1.51. The van der Waals surface area contributed by atoms with Crippen molar-refractivity contribution in [2.45, 2.75) is 31.2 Å². The van der Waals surface area contributed by atoms with Gasteiger partial charge in [0.25, 0.3) is 5.78 Å². The molecule has 1 atom stereocenters. The highest BCUT2D eigenvalue weighted by molar-refractivity contribution is 7.99. The van der Waals surface area contributed by atoms with Crippen molar-refractivity contribution in [3.63, 3.8) is 0 Å². The van der Waals surface area contributed by atoms with Gasteiger partial charge in [0.1, 0.15) is 5.82 Å². The molecule has 0 aliphatic carbocycles. The van der Waals surface area contributed by atoms with Crippen LogP contribution in [0.15, 0.2) is 47.9 Å². The number of aryl methyl sites for hydroxylation is 3. The molecule has 0 amide bonds. The molecule has 3 heterocycles. The Morgan fingerprint density at radius 3 is 2.60 bits per heavy atom. The summed E-state index contributed by atoms with van der Waals surface area (Å²) in [6, 6.07) is 10.5. The molecule has 0 bridgehead atoms. The third-order valence-electron chi connectivity index (χ3n) is 3.97. The van der Waals surface area contributed by atoms with Gasteiger partial charge < -0.3 is 4.98 Å². The standard InChI is InChI=1S/C18H18N6S/c1-11-4-6-14(7-5-11)15(16-19-8-9-20-16)25-18-22-17-21-12(2)10-13(3)24(17)23-18/h4-10,15H,1-3H3,(H,19,20). The van der Waals surface area contributed by atoms with E-state index in [1.807, 2.05) is 26.1 Å². The van der Waals surface area contributed by atoms with E-state index < -0.39 is 0 Å². The monoisotopic (exact) mass is 350 g/mol. The van der Waals surface area contributed by atoms with Gasteiger partial charge in [-0.25, -0.2) is 14.5 Å². The van der Waals surface area contributed by atoms with Crippen LogP contribution in [-0.2, 0) is 0 Å². The van der Waals surface area contributed by atoms with Crippen molar-refractivity contribution in [1.29, 1.82) is 0 Å². The SMILES string of the molecule is Cc1ccc(C(Sc2nc3nc(C)cc(C)n3n2)c2ncc[nH]2)cc1.